The number of alkyl halides is 1. The fraction of sp³-hybridized carbons (Fsp3) is 0.176. The maximum atomic E-state index is 12.7. The van der Waals surface area contributed by atoms with Gasteiger partial charge in [0.25, 0.3) is 11.4 Å². The van der Waals surface area contributed by atoms with Crippen molar-refractivity contribution in [2.24, 2.45) is 0 Å². The van der Waals surface area contributed by atoms with Gasteiger partial charge in [-0.2, -0.15) is 0 Å². The van der Waals surface area contributed by atoms with Crippen molar-refractivity contribution in [3.05, 3.63) is 78.4 Å². The molecule has 0 fully saturated rings. The molecule has 3 rings (SSSR count). The zero-order valence-electron chi connectivity index (χ0n) is 13.8. The zero-order valence-corrected chi connectivity index (χ0v) is 14.6. The molecular formula is C17H13ClN2O6. The number of rotatable bonds is 2. The van der Waals surface area contributed by atoms with Crippen LogP contribution in [-0.4, -0.2) is 27.3 Å². The van der Waals surface area contributed by atoms with Gasteiger partial charge >= 0.3 is 0 Å². The Labute approximate surface area is 152 Å². The number of halogens is 1. The van der Waals surface area contributed by atoms with Gasteiger partial charge in [0.05, 0.1) is 9.85 Å². The minimum absolute atomic E-state index is 0.147. The minimum Gasteiger partial charge on any atom is -0.288 e. The molecule has 0 saturated heterocycles. The Bertz CT molecular complexity index is 955. The molecule has 0 spiro atoms. The summed E-state index contributed by atoms with van der Waals surface area (Å²) in [7, 11) is 0. The fourth-order valence-corrected chi connectivity index (χ4v) is 2.75. The number of nitro groups is 2. The number of carbonyl (C=O) groups is 2. The largest absolute Gasteiger partial charge is 0.288 e. The van der Waals surface area contributed by atoms with Crippen LogP contribution in [0.5, 0.6) is 0 Å². The van der Waals surface area contributed by atoms with Crippen molar-refractivity contribution in [3.8, 4) is 0 Å². The molecule has 0 aromatic heterocycles. The first kappa shape index (κ1) is 19.2. The molecule has 26 heavy (non-hydrogen) atoms. The topological polar surface area (TPSA) is 120 Å². The number of hydrogen-bond donors (Lipinski definition) is 0. The average molecular weight is 377 g/mol. The lowest BCUT2D eigenvalue weighted by Crippen LogP contribution is -2.24. The van der Waals surface area contributed by atoms with Crippen molar-refractivity contribution in [2.75, 3.05) is 5.88 Å². The first-order valence-corrected chi connectivity index (χ1v) is 8.00. The highest BCUT2D eigenvalue weighted by Crippen LogP contribution is 2.38. The van der Waals surface area contributed by atoms with Gasteiger partial charge in [-0.15, -0.1) is 11.6 Å². The van der Waals surface area contributed by atoms with Crippen LogP contribution < -0.4 is 0 Å². The van der Waals surface area contributed by atoms with Crippen LogP contribution in [0, 0.1) is 27.2 Å². The molecule has 0 radical (unpaired) electrons. The van der Waals surface area contributed by atoms with E-state index < -0.39 is 32.8 Å². The predicted molar refractivity (Wildman–Crippen MR) is 94.2 cm³/mol. The molecule has 0 amide bonds. The van der Waals surface area contributed by atoms with Crippen LogP contribution in [0.25, 0.3) is 0 Å². The molecule has 0 N–H and O–H groups in total. The molecule has 0 atom stereocenters. The Morgan fingerprint density at radius 1 is 0.885 bits per heavy atom. The summed E-state index contributed by atoms with van der Waals surface area (Å²) in [5.74, 6) is -0.781. The molecule has 0 saturated carbocycles. The second kappa shape index (κ2) is 7.40. The van der Waals surface area contributed by atoms with Crippen LogP contribution in [0.1, 0.15) is 44.3 Å². The standard InChI is InChI=1S/C15H8N2O6.C2H5Cl/c1-7-5-6-10(17(22)23)13-11(7)15(19)12-8(14(13)18)3-2-4-9(12)16(20)21;1-2-3/h2-6H,1H3;2H2,1H3. The summed E-state index contributed by atoms with van der Waals surface area (Å²) in [5.41, 5.74) is -1.59. The van der Waals surface area contributed by atoms with E-state index in [1.165, 1.54) is 25.1 Å². The normalized spacial score (nSPS) is 11.8. The molecule has 2 aromatic rings. The molecule has 0 aliphatic heterocycles. The molecular weight excluding hydrogens is 364 g/mol. The highest BCUT2D eigenvalue weighted by atomic mass is 35.5. The monoisotopic (exact) mass is 376 g/mol. The average Bonchev–Trinajstić information content (AvgIpc) is 2.59. The number of benzene rings is 2. The van der Waals surface area contributed by atoms with Gasteiger partial charge in [-0.1, -0.05) is 19.1 Å². The third-order valence-corrected chi connectivity index (χ3v) is 3.75. The maximum absolute atomic E-state index is 12.7. The van der Waals surface area contributed by atoms with E-state index in [1.807, 2.05) is 6.92 Å². The van der Waals surface area contributed by atoms with Gasteiger partial charge < -0.3 is 0 Å². The summed E-state index contributed by atoms with van der Waals surface area (Å²) in [5, 5.41) is 22.3. The molecule has 2 aromatic carbocycles. The first-order valence-electron chi connectivity index (χ1n) is 7.46. The Morgan fingerprint density at radius 2 is 1.42 bits per heavy atom. The zero-order chi connectivity index (χ0) is 19.6. The quantitative estimate of drug-likeness (QED) is 0.380. The van der Waals surface area contributed by atoms with Crippen LogP contribution in [0.3, 0.4) is 0 Å². The molecule has 9 heteroatoms. The van der Waals surface area contributed by atoms with Crippen LogP contribution in [0.4, 0.5) is 11.4 Å². The van der Waals surface area contributed by atoms with Gasteiger partial charge in [0.15, 0.2) is 0 Å². The van der Waals surface area contributed by atoms with Crippen LogP contribution >= 0.6 is 11.6 Å². The smallest absolute Gasteiger partial charge is 0.281 e. The molecule has 0 unspecified atom stereocenters. The Hall–Kier alpha value is -3.13. The van der Waals surface area contributed by atoms with E-state index in [9.17, 15) is 29.8 Å². The highest BCUT2D eigenvalue weighted by molar-refractivity contribution is 6.31. The summed E-state index contributed by atoms with van der Waals surface area (Å²) in [4.78, 5) is 46.1. The number of hydrogen-bond acceptors (Lipinski definition) is 6. The number of nitro benzene ring substituents is 2. The molecule has 0 bridgehead atoms. The van der Waals surface area contributed by atoms with Crippen LogP contribution in [0.2, 0.25) is 0 Å². The molecule has 1 aliphatic rings. The summed E-state index contributed by atoms with van der Waals surface area (Å²) in [6, 6.07) is 6.16. The first-order chi connectivity index (χ1) is 12.3. The number of aryl methyl sites for hydroxylation is 1. The Morgan fingerprint density at radius 3 is 1.96 bits per heavy atom. The van der Waals surface area contributed by atoms with E-state index in [1.54, 1.807) is 0 Å². The second-order valence-corrected chi connectivity index (χ2v) is 5.83. The summed E-state index contributed by atoms with van der Waals surface area (Å²) in [6.07, 6.45) is 0. The van der Waals surface area contributed by atoms with E-state index in [0.717, 1.165) is 18.0 Å². The van der Waals surface area contributed by atoms with Crippen molar-refractivity contribution < 1.29 is 19.4 Å². The van der Waals surface area contributed by atoms with Crippen molar-refractivity contribution in [2.45, 2.75) is 13.8 Å². The van der Waals surface area contributed by atoms with Gasteiger partial charge in [-0.25, -0.2) is 0 Å². The van der Waals surface area contributed by atoms with Crippen molar-refractivity contribution in [3.63, 3.8) is 0 Å². The molecule has 1 aliphatic carbocycles. The van der Waals surface area contributed by atoms with Crippen molar-refractivity contribution >= 4 is 34.5 Å². The van der Waals surface area contributed by atoms with Gasteiger partial charge in [0.2, 0.25) is 11.6 Å². The van der Waals surface area contributed by atoms with E-state index in [0.29, 0.717) is 5.56 Å². The maximum Gasteiger partial charge on any atom is 0.281 e. The Balaban J connectivity index is 0.000000758. The van der Waals surface area contributed by atoms with E-state index in [2.05, 4.69) is 0 Å². The number of carbonyl (C=O) groups excluding carboxylic acids is 2. The van der Waals surface area contributed by atoms with E-state index >= 15 is 0 Å². The SMILES string of the molecule is CCCl.Cc1ccc([N+](=O)[O-])c2c1C(=O)c1c(cccc1[N+](=O)[O-])C2=O. The summed E-state index contributed by atoms with van der Waals surface area (Å²) >= 11 is 5.00. The van der Waals surface area contributed by atoms with E-state index in [-0.39, 0.29) is 22.3 Å². The highest BCUT2D eigenvalue weighted by Gasteiger charge is 2.40. The molecule has 8 nitrogen and oxygen atoms in total. The third-order valence-electron chi connectivity index (χ3n) is 3.75. The lowest BCUT2D eigenvalue weighted by atomic mass is 9.80. The lowest BCUT2D eigenvalue weighted by molar-refractivity contribution is -0.385. The number of fused-ring (bicyclic) bond motifs is 2. The summed E-state index contributed by atoms with van der Waals surface area (Å²) in [6.45, 7) is 3.41. The third kappa shape index (κ3) is 3.06. The number of ketones is 2. The van der Waals surface area contributed by atoms with E-state index in [4.69, 9.17) is 11.6 Å². The lowest BCUT2D eigenvalue weighted by Gasteiger charge is -2.18. The van der Waals surface area contributed by atoms with Gasteiger partial charge in [0.1, 0.15) is 11.1 Å². The fourth-order valence-electron chi connectivity index (χ4n) is 2.75. The number of nitrogens with zero attached hydrogens (tertiary/aromatic N) is 2. The minimum atomic E-state index is -0.756. The van der Waals surface area contributed by atoms with Crippen molar-refractivity contribution in [1.29, 1.82) is 0 Å². The van der Waals surface area contributed by atoms with Crippen LogP contribution in [-0.2, 0) is 0 Å². The predicted octanol–water partition coefficient (Wildman–Crippen LogP) is 3.83. The Kier molecular flexibility index (Phi) is 5.47. The summed E-state index contributed by atoms with van der Waals surface area (Å²) < 4.78 is 0. The van der Waals surface area contributed by atoms with Gasteiger partial charge in [0, 0.05) is 29.1 Å². The van der Waals surface area contributed by atoms with Crippen molar-refractivity contribution in [1.82, 2.24) is 0 Å². The molecule has 134 valence electrons. The van der Waals surface area contributed by atoms with Gasteiger partial charge in [-0.05, 0) is 18.6 Å². The molecule has 0 heterocycles. The van der Waals surface area contributed by atoms with Crippen LogP contribution in [0.15, 0.2) is 30.3 Å². The van der Waals surface area contributed by atoms with Gasteiger partial charge in [-0.3, -0.25) is 29.8 Å². The second-order valence-electron chi connectivity index (χ2n) is 5.29.